The molecule has 1 aromatic heterocycles. The van der Waals surface area contributed by atoms with Crippen molar-refractivity contribution in [3.63, 3.8) is 0 Å². The van der Waals surface area contributed by atoms with Crippen LogP contribution in [0.4, 0.5) is 0 Å². The summed E-state index contributed by atoms with van der Waals surface area (Å²) in [6.07, 6.45) is 8.34. The summed E-state index contributed by atoms with van der Waals surface area (Å²) < 4.78 is 4.93. The lowest BCUT2D eigenvalue weighted by Gasteiger charge is -2.36. The fourth-order valence-electron chi connectivity index (χ4n) is 4.08. The second kappa shape index (κ2) is 10.5. The van der Waals surface area contributed by atoms with Crippen LogP contribution in [0.25, 0.3) is 0 Å². The number of guanidine groups is 1. The van der Waals surface area contributed by atoms with Gasteiger partial charge in [0.2, 0.25) is 0 Å². The normalized spacial score (nSPS) is 20.8. The Morgan fingerprint density at radius 2 is 1.96 bits per heavy atom. The van der Waals surface area contributed by atoms with Crippen LogP contribution in [0.1, 0.15) is 51.6 Å². The highest BCUT2D eigenvalue weighted by Gasteiger charge is 2.32. The van der Waals surface area contributed by atoms with Crippen LogP contribution < -0.4 is 5.32 Å². The number of piperazine rings is 1. The van der Waals surface area contributed by atoms with Gasteiger partial charge < -0.3 is 14.7 Å². The first-order chi connectivity index (χ1) is 12.2. The van der Waals surface area contributed by atoms with Crippen LogP contribution in [-0.2, 0) is 6.54 Å². The average Bonchev–Trinajstić information content (AvgIpc) is 3.32. The predicted octanol–water partition coefficient (Wildman–Crippen LogP) is 3.35. The molecule has 0 atom stereocenters. The second-order valence-electron chi connectivity index (χ2n) is 7.48. The number of hydrogen-bond acceptors (Lipinski definition) is 4. The van der Waals surface area contributed by atoms with Crippen molar-refractivity contribution in [1.82, 2.24) is 20.3 Å². The Balaban J connectivity index is 0.00000243. The SMILES string of the molecule is CCNC(=NCC1(CC)CCCC1)N1CCN(Cc2ccon2)CC1.I. The van der Waals surface area contributed by atoms with Crippen molar-refractivity contribution in [3.05, 3.63) is 18.0 Å². The van der Waals surface area contributed by atoms with Gasteiger partial charge in [0.15, 0.2) is 5.96 Å². The molecule has 2 aliphatic rings. The van der Waals surface area contributed by atoms with Crippen molar-refractivity contribution in [2.24, 2.45) is 10.4 Å². The third kappa shape index (κ3) is 5.58. The zero-order valence-corrected chi connectivity index (χ0v) is 18.6. The van der Waals surface area contributed by atoms with Crippen molar-refractivity contribution >= 4 is 29.9 Å². The van der Waals surface area contributed by atoms with Gasteiger partial charge in [0.25, 0.3) is 0 Å². The van der Waals surface area contributed by atoms with Gasteiger partial charge in [-0.1, -0.05) is 24.9 Å². The van der Waals surface area contributed by atoms with Crippen LogP contribution in [0.5, 0.6) is 0 Å². The lowest BCUT2D eigenvalue weighted by atomic mass is 9.83. The molecule has 2 heterocycles. The first kappa shape index (κ1) is 21.5. The van der Waals surface area contributed by atoms with Gasteiger partial charge in [-0.2, -0.15) is 0 Å². The van der Waals surface area contributed by atoms with Gasteiger partial charge in [-0.15, -0.1) is 24.0 Å². The molecule has 1 N–H and O–H groups in total. The summed E-state index contributed by atoms with van der Waals surface area (Å²) in [5.41, 5.74) is 1.47. The molecule has 0 aromatic carbocycles. The zero-order chi connectivity index (χ0) is 17.5. The highest BCUT2D eigenvalue weighted by atomic mass is 127. The molecule has 6 nitrogen and oxygen atoms in total. The molecule has 1 aromatic rings. The topological polar surface area (TPSA) is 56.9 Å². The van der Waals surface area contributed by atoms with E-state index >= 15 is 0 Å². The molecule has 1 aliphatic heterocycles. The Hall–Kier alpha value is -0.830. The predicted molar refractivity (Wildman–Crippen MR) is 116 cm³/mol. The van der Waals surface area contributed by atoms with Crippen LogP contribution in [0.3, 0.4) is 0 Å². The lowest BCUT2D eigenvalue weighted by molar-refractivity contribution is 0.168. The molecule has 7 heteroatoms. The number of nitrogens with one attached hydrogen (secondary N) is 1. The highest BCUT2D eigenvalue weighted by Crippen LogP contribution is 2.41. The molecule has 0 bridgehead atoms. The summed E-state index contributed by atoms with van der Waals surface area (Å²) >= 11 is 0. The van der Waals surface area contributed by atoms with Gasteiger partial charge in [-0.25, -0.2) is 0 Å². The van der Waals surface area contributed by atoms with Crippen LogP contribution in [0, 0.1) is 5.41 Å². The van der Waals surface area contributed by atoms with Gasteiger partial charge in [0.1, 0.15) is 6.26 Å². The molecular formula is C19H34IN5O. The summed E-state index contributed by atoms with van der Waals surface area (Å²) in [5.74, 6) is 1.10. The number of halogens is 1. The largest absolute Gasteiger partial charge is 0.364 e. The molecule has 3 rings (SSSR count). The molecule has 0 spiro atoms. The fourth-order valence-corrected chi connectivity index (χ4v) is 4.08. The number of nitrogens with zero attached hydrogens (tertiary/aromatic N) is 4. The number of aliphatic imine (C=N–C) groups is 1. The van der Waals surface area contributed by atoms with E-state index in [9.17, 15) is 0 Å². The van der Waals surface area contributed by atoms with Crippen molar-refractivity contribution < 1.29 is 4.52 Å². The maximum absolute atomic E-state index is 5.05. The fraction of sp³-hybridized carbons (Fsp3) is 0.789. The van der Waals surface area contributed by atoms with Gasteiger partial charge >= 0.3 is 0 Å². The summed E-state index contributed by atoms with van der Waals surface area (Å²) in [4.78, 5) is 9.90. The van der Waals surface area contributed by atoms with Gasteiger partial charge in [0.05, 0.1) is 5.69 Å². The van der Waals surface area contributed by atoms with Crippen molar-refractivity contribution in [1.29, 1.82) is 0 Å². The molecule has 1 saturated carbocycles. The quantitative estimate of drug-likeness (QED) is 0.389. The monoisotopic (exact) mass is 475 g/mol. The highest BCUT2D eigenvalue weighted by molar-refractivity contribution is 14.0. The molecule has 0 amide bonds. The van der Waals surface area contributed by atoms with E-state index in [4.69, 9.17) is 9.52 Å². The Morgan fingerprint density at radius 1 is 1.23 bits per heavy atom. The van der Waals surface area contributed by atoms with E-state index in [0.717, 1.165) is 57.5 Å². The van der Waals surface area contributed by atoms with Crippen LogP contribution in [-0.4, -0.2) is 60.2 Å². The summed E-state index contributed by atoms with van der Waals surface area (Å²) in [7, 11) is 0. The number of hydrogen-bond donors (Lipinski definition) is 1. The van der Waals surface area contributed by atoms with Crippen molar-refractivity contribution in [2.75, 3.05) is 39.3 Å². The molecule has 0 radical (unpaired) electrons. The minimum Gasteiger partial charge on any atom is -0.364 e. The summed E-state index contributed by atoms with van der Waals surface area (Å²) in [6, 6.07) is 1.95. The second-order valence-corrected chi connectivity index (χ2v) is 7.48. The number of aromatic nitrogens is 1. The third-order valence-corrected chi connectivity index (χ3v) is 5.86. The Labute approximate surface area is 174 Å². The van der Waals surface area contributed by atoms with E-state index in [1.165, 1.54) is 32.1 Å². The molecule has 1 saturated heterocycles. The molecule has 26 heavy (non-hydrogen) atoms. The van der Waals surface area contributed by atoms with E-state index < -0.39 is 0 Å². The van der Waals surface area contributed by atoms with Crippen LogP contribution >= 0.6 is 24.0 Å². The van der Waals surface area contributed by atoms with E-state index in [-0.39, 0.29) is 24.0 Å². The molecule has 2 fully saturated rings. The smallest absolute Gasteiger partial charge is 0.194 e. The maximum Gasteiger partial charge on any atom is 0.194 e. The first-order valence-electron chi connectivity index (χ1n) is 9.89. The summed E-state index contributed by atoms with van der Waals surface area (Å²) in [5, 5.41) is 7.53. The molecule has 0 unspecified atom stereocenters. The Morgan fingerprint density at radius 3 is 2.54 bits per heavy atom. The summed E-state index contributed by atoms with van der Waals surface area (Å²) in [6.45, 7) is 11.4. The van der Waals surface area contributed by atoms with Crippen LogP contribution in [0.15, 0.2) is 21.8 Å². The van der Waals surface area contributed by atoms with Crippen molar-refractivity contribution in [3.8, 4) is 0 Å². The average molecular weight is 475 g/mol. The number of rotatable bonds is 6. The first-order valence-corrected chi connectivity index (χ1v) is 9.89. The minimum absolute atomic E-state index is 0. The standard InChI is InChI=1S/C19H33N5O.HI/c1-3-19(8-5-6-9-19)16-21-18(20-4-2)24-12-10-23(11-13-24)15-17-7-14-25-22-17;/h7,14H,3-6,8-13,15-16H2,1-2H3,(H,20,21);1H. The Kier molecular flexibility index (Phi) is 8.66. The van der Waals surface area contributed by atoms with E-state index in [1.807, 2.05) is 6.07 Å². The van der Waals surface area contributed by atoms with E-state index in [2.05, 4.69) is 34.1 Å². The molecule has 148 valence electrons. The van der Waals surface area contributed by atoms with Crippen LogP contribution in [0.2, 0.25) is 0 Å². The minimum atomic E-state index is 0. The third-order valence-electron chi connectivity index (χ3n) is 5.86. The van der Waals surface area contributed by atoms with Gasteiger partial charge in [-0.05, 0) is 31.6 Å². The molecular weight excluding hydrogens is 441 g/mol. The van der Waals surface area contributed by atoms with Gasteiger partial charge in [0, 0.05) is 51.9 Å². The molecule has 1 aliphatic carbocycles. The zero-order valence-electron chi connectivity index (χ0n) is 16.2. The van der Waals surface area contributed by atoms with E-state index in [0.29, 0.717) is 5.41 Å². The van der Waals surface area contributed by atoms with Crippen molar-refractivity contribution in [2.45, 2.75) is 52.5 Å². The Bertz CT molecular complexity index is 534. The van der Waals surface area contributed by atoms with Gasteiger partial charge in [-0.3, -0.25) is 9.89 Å². The lowest BCUT2D eigenvalue weighted by Crippen LogP contribution is -2.52. The van der Waals surface area contributed by atoms with E-state index in [1.54, 1.807) is 6.26 Å². The maximum atomic E-state index is 5.05.